The normalized spacial score (nSPS) is 13.0. The maximum absolute atomic E-state index is 9.31. The van der Waals surface area contributed by atoms with Crippen LogP contribution in [-0.4, -0.2) is 24.2 Å². The molecule has 1 rings (SSSR count). The molecule has 0 radical (unpaired) electrons. The summed E-state index contributed by atoms with van der Waals surface area (Å²) in [5.74, 6) is 0.223. The van der Waals surface area contributed by atoms with Gasteiger partial charge in [0, 0.05) is 0 Å². The number of hydrogen-bond donors (Lipinski definition) is 2. The van der Waals surface area contributed by atoms with Gasteiger partial charge in [0.15, 0.2) is 0 Å². The Balaban J connectivity index is 3.13. The van der Waals surface area contributed by atoms with Crippen molar-refractivity contribution >= 4 is 19.3 Å². The molecule has 1 unspecified atom stereocenters. The van der Waals surface area contributed by atoms with Crippen molar-refractivity contribution in [2.45, 2.75) is 12.6 Å². The van der Waals surface area contributed by atoms with Gasteiger partial charge in [-0.05, 0) is 0 Å². The zero-order valence-electron chi connectivity index (χ0n) is 6.57. The number of hydrogen-bond acceptors (Lipinski definition) is 2. The molecule has 0 bridgehead atoms. The second-order valence-corrected chi connectivity index (χ2v) is 5.72. The summed E-state index contributed by atoms with van der Waals surface area (Å²) < 4.78 is 10.0. The molecule has 1 aromatic rings. The van der Waals surface area contributed by atoms with Gasteiger partial charge < -0.3 is 0 Å². The summed E-state index contributed by atoms with van der Waals surface area (Å²) in [6, 6.07) is 5.30. The molecule has 0 aromatic heterocycles. The van der Waals surface area contributed by atoms with E-state index in [1.165, 1.54) is 0 Å². The molecule has 0 saturated heterocycles. The Morgan fingerprint density at radius 2 is 2.00 bits per heavy atom. The van der Waals surface area contributed by atoms with Crippen molar-refractivity contribution in [1.29, 1.82) is 0 Å². The monoisotopic (exact) mass is 214 g/mol. The van der Waals surface area contributed by atoms with Crippen molar-refractivity contribution in [3.63, 3.8) is 0 Å². The standard InChI is InChI=1S/C8H11AsO2/c1-6-3-4-8(10)7(5-6)9(2)11/h3-5,10-11H,1-2H3. The molecule has 2 N–H and O–H groups in total. The van der Waals surface area contributed by atoms with E-state index in [-0.39, 0.29) is 5.75 Å². The third-order valence-electron chi connectivity index (χ3n) is 1.48. The summed E-state index contributed by atoms with van der Waals surface area (Å²) in [5, 5.41) is 9.28. The van der Waals surface area contributed by atoms with Crippen LogP contribution in [0, 0.1) is 6.92 Å². The molecule has 0 aliphatic rings. The summed E-state index contributed by atoms with van der Waals surface area (Å²) in [6.07, 6.45) is 0. The third kappa shape index (κ3) is 1.98. The van der Waals surface area contributed by atoms with Crippen LogP contribution in [0.3, 0.4) is 0 Å². The number of phenols is 1. The Morgan fingerprint density at radius 1 is 1.36 bits per heavy atom. The van der Waals surface area contributed by atoms with Gasteiger partial charge in [0.05, 0.1) is 0 Å². The number of rotatable bonds is 1. The van der Waals surface area contributed by atoms with Gasteiger partial charge in [0.1, 0.15) is 0 Å². The second-order valence-electron chi connectivity index (χ2n) is 2.52. The van der Waals surface area contributed by atoms with Crippen molar-refractivity contribution in [3.05, 3.63) is 23.8 Å². The Kier molecular flexibility index (Phi) is 2.58. The van der Waals surface area contributed by atoms with Gasteiger partial charge in [0.25, 0.3) is 0 Å². The number of aryl methyl sites for hydroxylation is 1. The first-order valence-corrected chi connectivity index (χ1v) is 6.99. The maximum atomic E-state index is 9.31. The summed E-state index contributed by atoms with van der Waals surface area (Å²) in [4.78, 5) is 0. The quantitative estimate of drug-likeness (QED) is 0.669. The first-order valence-electron chi connectivity index (χ1n) is 3.33. The van der Waals surface area contributed by atoms with Gasteiger partial charge in [-0.3, -0.25) is 0 Å². The van der Waals surface area contributed by atoms with Gasteiger partial charge in [0.2, 0.25) is 0 Å². The molecular formula is C8H11AsO2. The molecule has 0 fully saturated rings. The first-order chi connectivity index (χ1) is 5.11. The van der Waals surface area contributed by atoms with Gasteiger partial charge in [-0.1, -0.05) is 0 Å². The fourth-order valence-electron chi connectivity index (χ4n) is 0.893. The van der Waals surface area contributed by atoms with E-state index in [0.29, 0.717) is 0 Å². The van der Waals surface area contributed by atoms with Crippen molar-refractivity contribution < 1.29 is 9.20 Å². The van der Waals surface area contributed by atoms with Crippen molar-refractivity contribution in [2.75, 3.05) is 0 Å². The van der Waals surface area contributed by atoms with Crippen LogP contribution in [0.5, 0.6) is 5.75 Å². The van der Waals surface area contributed by atoms with Crippen LogP contribution >= 0.6 is 0 Å². The van der Waals surface area contributed by atoms with E-state index >= 15 is 0 Å². The van der Waals surface area contributed by atoms with Crippen LogP contribution in [0.2, 0.25) is 5.71 Å². The van der Waals surface area contributed by atoms with Gasteiger partial charge >= 0.3 is 70.7 Å². The minimum atomic E-state index is -1.91. The molecule has 1 atom stereocenters. The number of phenolic OH excluding ortho intramolecular Hbond substituents is 1. The summed E-state index contributed by atoms with van der Waals surface area (Å²) in [5.41, 5.74) is 2.86. The zero-order chi connectivity index (χ0) is 8.43. The Labute approximate surface area is 71.1 Å². The van der Waals surface area contributed by atoms with Crippen LogP contribution in [0.1, 0.15) is 5.56 Å². The molecule has 0 aliphatic heterocycles. The molecule has 0 spiro atoms. The van der Waals surface area contributed by atoms with Crippen molar-refractivity contribution in [3.8, 4) is 5.75 Å². The van der Waals surface area contributed by atoms with E-state index in [1.54, 1.807) is 11.8 Å². The van der Waals surface area contributed by atoms with E-state index in [1.807, 2.05) is 19.1 Å². The SMILES string of the molecule is Cc1ccc(O)c([As](C)O)c1. The molecule has 11 heavy (non-hydrogen) atoms. The van der Waals surface area contributed by atoms with Crippen LogP contribution < -0.4 is 4.35 Å². The predicted octanol–water partition coefficient (Wildman–Crippen LogP) is 0.521. The van der Waals surface area contributed by atoms with Gasteiger partial charge in [-0.15, -0.1) is 0 Å². The fourth-order valence-corrected chi connectivity index (χ4v) is 2.56. The first kappa shape index (κ1) is 8.63. The van der Waals surface area contributed by atoms with Gasteiger partial charge in [-0.2, -0.15) is 0 Å². The van der Waals surface area contributed by atoms with Gasteiger partial charge in [-0.25, -0.2) is 0 Å². The molecule has 1 aromatic carbocycles. The summed E-state index contributed by atoms with van der Waals surface area (Å²) in [7, 11) is 0. The van der Waals surface area contributed by atoms with E-state index in [4.69, 9.17) is 0 Å². The molecule has 0 heterocycles. The Hall–Kier alpha value is -0.462. The van der Waals surface area contributed by atoms with E-state index in [9.17, 15) is 9.20 Å². The molecule has 0 aliphatic carbocycles. The van der Waals surface area contributed by atoms with Crippen LogP contribution in [0.15, 0.2) is 18.2 Å². The summed E-state index contributed by atoms with van der Waals surface area (Å²) >= 11 is -1.91. The van der Waals surface area contributed by atoms with Crippen LogP contribution in [0.4, 0.5) is 0 Å². The fraction of sp³-hybridized carbons (Fsp3) is 0.250. The number of aromatic hydroxyl groups is 1. The Morgan fingerprint density at radius 3 is 2.45 bits per heavy atom. The van der Waals surface area contributed by atoms with E-state index < -0.39 is 15.0 Å². The van der Waals surface area contributed by atoms with E-state index in [0.717, 1.165) is 9.91 Å². The minimum absolute atomic E-state index is 0.223. The Bertz CT molecular complexity index is 258. The average molecular weight is 214 g/mol. The van der Waals surface area contributed by atoms with Crippen molar-refractivity contribution in [1.82, 2.24) is 0 Å². The topological polar surface area (TPSA) is 40.5 Å². The average Bonchev–Trinajstić information content (AvgIpc) is 1.94. The molecule has 0 amide bonds. The predicted molar refractivity (Wildman–Crippen MR) is 46.3 cm³/mol. The zero-order valence-corrected chi connectivity index (χ0v) is 8.45. The van der Waals surface area contributed by atoms with Crippen LogP contribution in [-0.2, 0) is 0 Å². The molecule has 0 saturated carbocycles. The van der Waals surface area contributed by atoms with Crippen molar-refractivity contribution in [2.24, 2.45) is 0 Å². The second kappa shape index (κ2) is 3.29. The van der Waals surface area contributed by atoms with E-state index in [2.05, 4.69) is 0 Å². The number of benzene rings is 1. The third-order valence-corrected chi connectivity index (χ3v) is 3.69. The summed E-state index contributed by atoms with van der Waals surface area (Å²) in [6.45, 7) is 1.95. The van der Waals surface area contributed by atoms with Crippen LogP contribution in [0.25, 0.3) is 0 Å². The molecule has 2 nitrogen and oxygen atoms in total. The molecule has 60 valence electrons. The molecular weight excluding hydrogens is 203 g/mol. The molecule has 3 heteroatoms.